The molecule has 0 atom stereocenters. The molecule has 0 N–H and O–H groups in total. The SMILES string of the molecule is COc1cc(OC)c(OC)cc1/C=C/C(=O)OCCCC#N. The van der Waals surface area contributed by atoms with Crippen LogP contribution in [0.15, 0.2) is 18.2 Å². The van der Waals surface area contributed by atoms with Gasteiger partial charge in [-0.1, -0.05) is 0 Å². The van der Waals surface area contributed by atoms with E-state index in [1.54, 1.807) is 18.2 Å². The van der Waals surface area contributed by atoms with Gasteiger partial charge < -0.3 is 18.9 Å². The summed E-state index contributed by atoms with van der Waals surface area (Å²) in [5, 5.41) is 8.39. The number of nitrogens with zero attached hydrogens (tertiary/aromatic N) is 1. The molecule has 0 aliphatic rings. The third kappa shape index (κ3) is 5.02. The third-order valence-corrected chi connectivity index (χ3v) is 2.81. The summed E-state index contributed by atoms with van der Waals surface area (Å²) in [4.78, 5) is 11.6. The van der Waals surface area contributed by atoms with E-state index in [4.69, 9.17) is 24.2 Å². The molecular weight excluding hydrogens is 286 g/mol. The summed E-state index contributed by atoms with van der Waals surface area (Å²) in [5.41, 5.74) is 0.661. The average molecular weight is 305 g/mol. The van der Waals surface area contributed by atoms with Crippen molar-refractivity contribution in [1.29, 1.82) is 5.26 Å². The maximum Gasteiger partial charge on any atom is 0.330 e. The van der Waals surface area contributed by atoms with Crippen molar-refractivity contribution in [2.24, 2.45) is 0 Å². The van der Waals surface area contributed by atoms with E-state index in [0.29, 0.717) is 35.7 Å². The third-order valence-electron chi connectivity index (χ3n) is 2.81. The number of methoxy groups -OCH3 is 3. The zero-order valence-electron chi connectivity index (χ0n) is 12.9. The molecule has 1 rings (SSSR count). The van der Waals surface area contributed by atoms with E-state index in [1.807, 2.05) is 6.07 Å². The molecule has 0 unspecified atom stereocenters. The van der Waals surface area contributed by atoms with Crippen LogP contribution < -0.4 is 14.2 Å². The van der Waals surface area contributed by atoms with Crippen LogP contribution in [-0.4, -0.2) is 33.9 Å². The normalized spacial score (nSPS) is 10.1. The molecular formula is C16H19NO5. The van der Waals surface area contributed by atoms with Crippen LogP contribution in [0.5, 0.6) is 17.2 Å². The lowest BCUT2D eigenvalue weighted by atomic mass is 10.1. The first-order chi connectivity index (χ1) is 10.7. The number of benzene rings is 1. The van der Waals surface area contributed by atoms with Gasteiger partial charge in [-0.3, -0.25) is 0 Å². The molecule has 118 valence electrons. The molecule has 0 fully saturated rings. The van der Waals surface area contributed by atoms with Crippen LogP contribution >= 0.6 is 0 Å². The molecule has 6 heteroatoms. The predicted octanol–water partition coefficient (Wildman–Crippen LogP) is 2.57. The number of hydrogen-bond acceptors (Lipinski definition) is 6. The van der Waals surface area contributed by atoms with Gasteiger partial charge in [0.15, 0.2) is 11.5 Å². The molecule has 0 spiro atoms. The second-order valence-electron chi connectivity index (χ2n) is 4.21. The largest absolute Gasteiger partial charge is 0.496 e. The van der Waals surface area contributed by atoms with Crippen LogP contribution in [0, 0.1) is 11.3 Å². The van der Waals surface area contributed by atoms with Crippen molar-refractivity contribution in [3.8, 4) is 23.3 Å². The van der Waals surface area contributed by atoms with Crippen LogP contribution in [0.2, 0.25) is 0 Å². The molecule has 0 bridgehead atoms. The number of carbonyl (C=O) groups is 1. The van der Waals surface area contributed by atoms with Gasteiger partial charge in [-0.25, -0.2) is 4.79 Å². The summed E-state index contributed by atoms with van der Waals surface area (Å²) in [6.45, 7) is 0.222. The smallest absolute Gasteiger partial charge is 0.330 e. The molecule has 0 aliphatic heterocycles. The van der Waals surface area contributed by atoms with Crippen molar-refractivity contribution < 1.29 is 23.7 Å². The quantitative estimate of drug-likeness (QED) is 0.417. The number of nitriles is 1. The van der Waals surface area contributed by atoms with Crippen molar-refractivity contribution >= 4 is 12.0 Å². The van der Waals surface area contributed by atoms with Crippen LogP contribution in [0.25, 0.3) is 6.08 Å². The van der Waals surface area contributed by atoms with Crippen molar-refractivity contribution in [1.82, 2.24) is 0 Å². The van der Waals surface area contributed by atoms with Crippen molar-refractivity contribution in [3.05, 3.63) is 23.8 Å². The van der Waals surface area contributed by atoms with E-state index in [-0.39, 0.29) is 6.61 Å². The minimum Gasteiger partial charge on any atom is -0.496 e. The Morgan fingerprint density at radius 1 is 1.14 bits per heavy atom. The van der Waals surface area contributed by atoms with E-state index in [1.165, 1.54) is 27.4 Å². The fraction of sp³-hybridized carbons (Fsp3) is 0.375. The van der Waals surface area contributed by atoms with Crippen LogP contribution in [0.1, 0.15) is 18.4 Å². The van der Waals surface area contributed by atoms with Crippen LogP contribution in [0.3, 0.4) is 0 Å². The predicted molar refractivity (Wildman–Crippen MR) is 80.9 cm³/mol. The maximum atomic E-state index is 11.6. The van der Waals surface area contributed by atoms with Crippen molar-refractivity contribution in [2.45, 2.75) is 12.8 Å². The molecule has 6 nitrogen and oxygen atoms in total. The minimum atomic E-state index is -0.477. The van der Waals surface area contributed by atoms with Crippen molar-refractivity contribution in [2.75, 3.05) is 27.9 Å². The highest BCUT2D eigenvalue weighted by Crippen LogP contribution is 2.35. The second-order valence-corrected chi connectivity index (χ2v) is 4.21. The summed E-state index contributed by atoms with van der Waals surface area (Å²) in [6.07, 6.45) is 3.76. The Kier molecular flexibility index (Phi) is 7.34. The number of ether oxygens (including phenoxy) is 4. The van der Waals surface area contributed by atoms with Gasteiger partial charge in [-0.05, 0) is 18.6 Å². The lowest BCUT2D eigenvalue weighted by Crippen LogP contribution is -2.02. The van der Waals surface area contributed by atoms with E-state index in [0.717, 1.165) is 0 Å². The Balaban J connectivity index is 2.81. The first-order valence-electron chi connectivity index (χ1n) is 6.68. The fourth-order valence-corrected chi connectivity index (χ4v) is 1.71. The van der Waals surface area contributed by atoms with Crippen LogP contribution in [-0.2, 0) is 9.53 Å². The van der Waals surface area contributed by atoms with E-state index in [9.17, 15) is 4.79 Å². The number of rotatable bonds is 8. The van der Waals surface area contributed by atoms with Gasteiger partial charge in [0.1, 0.15) is 5.75 Å². The summed E-state index contributed by atoms with van der Waals surface area (Å²) in [7, 11) is 4.59. The molecule has 0 radical (unpaired) electrons. The molecule has 0 amide bonds. The molecule has 0 aliphatic carbocycles. The highest BCUT2D eigenvalue weighted by Gasteiger charge is 2.10. The Morgan fingerprint density at radius 3 is 2.36 bits per heavy atom. The Bertz CT molecular complexity index is 575. The molecule has 1 aromatic rings. The van der Waals surface area contributed by atoms with E-state index < -0.39 is 5.97 Å². The first kappa shape index (κ1) is 17.4. The highest BCUT2D eigenvalue weighted by atomic mass is 16.5. The van der Waals surface area contributed by atoms with Crippen molar-refractivity contribution in [3.63, 3.8) is 0 Å². The van der Waals surface area contributed by atoms with Crippen LogP contribution in [0.4, 0.5) is 0 Å². The maximum absolute atomic E-state index is 11.6. The van der Waals surface area contributed by atoms with Gasteiger partial charge in [0.25, 0.3) is 0 Å². The summed E-state index contributed by atoms with van der Waals surface area (Å²) in [5.74, 6) is 1.14. The Morgan fingerprint density at radius 2 is 1.77 bits per heavy atom. The molecule has 0 saturated heterocycles. The monoisotopic (exact) mass is 305 g/mol. The topological polar surface area (TPSA) is 77.8 Å². The van der Waals surface area contributed by atoms with Gasteiger partial charge in [0.2, 0.25) is 0 Å². The summed E-state index contributed by atoms with van der Waals surface area (Å²) < 4.78 is 20.6. The van der Waals surface area contributed by atoms with Gasteiger partial charge in [-0.15, -0.1) is 0 Å². The molecule has 1 aromatic carbocycles. The van der Waals surface area contributed by atoms with Gasteiger partial charge in [-0.2, -0.15) is 5.26 Å². The molecule has 0 aromatic heterocycles. The average Bonchev–Trinajstić information content (AvgIpc) is 2.55. The molecule has 22 heavy (non-hydrogen) atoms. The lowest BCUT2D eigenvalue weighted by molar-refractivity contribution is -0.137. The number of unbranched alkanes of at least 4 members (excludes halogenated alkanes) is 1. The molecule has 0 saturated carbocycles. The number of carbonyl (C=O) groups excluding carboxylic acids is 1. The summed E-state index contributed by atoms with van der Waals surface area (Å²) >= 11 is 0. The zero-order chi connectivity index (χ0) is 16.4. The fourth-order valence-electron chi connectivity index (χ4n) is 1.71. The summed E-state index contributed by atoms with van der Waals surface area (Å²) in [6, 6.07) is 5.37. The molecule has 0 heterocycles. The van der Waals surface area contributed by atoms with Gasteiger partial charge >= 0.3 is 5.97 Å². The zero-order valence-corrected chi connectivity index (χ0v) is 12.9. The number of hydrogen-bond donors (Lipinski definition) is 0. The standard InChI is InChI=1S/C16H19NO5/c1-19-13-11-15(21-3)14(20-2)10-12(13)6-7-16(18)22-9-5-4-8-17/h6-7,10-11H,4-5,9H2,1-3H3/b7-6+. The van der Waals surface area contributed by atoms with Gasteiger partial charge in [0, 0.05) is 24.1 Å². The van der Waals surface area contributed by atoms with E-state index >= 15 is 0 Å². The second kappa shape index (κ2) is 9.29. The first-order valence-corrected chi connectivity index (χ1v) is 6.68. The number of esters is 1. The van der Waals surface area contributed by atoms with E-state index in [2.05, 4.69) is 0 Å². The highest BCUT2D eigenvalue weighted by molar-refractivity contribution is 5.87. The Hall–Kier alpha value is -2.68. The lowest BCUT2D eigenvalue weighted by Gasteiger charge is -2.12. The minimum absolute atomic E-state index is 0.222. The Labute approximate surface area is 129 Å². The van der Waals surface area contributed by atoms with Gasteiger partial charge in [0.05, 0.1) is 34.0 Å².